The second kappa shape index (κ2) is 42.8. The molecule has 7 amide bonds. The van der Waals surface area contributed by atoms with Gasteiger partial charge in [0.15, 0.2) is 10.3 Å². The highest BCUT2D eigenvalue weighted by Crippen LogP contribution is 2.36. The number of carbonyl (C=O) groups excluding carboxylic acids is 7. The number of hydrogen-bond donors (Lipinski definition) is 2. The van der Waals surface area contributed by atoms with E-state index in [1.165, 1.54) is 111 Å². The predicted molar refractivity (Wildman–Crippen MR) is 523 cm³/mol. The summed E-state index contributed by atoms with van der Waals surface area (Å²) >= 11 is 2.92. The van der Waals surface area contributed by atoms with Crippen molar-refractivity contribution in [3.8, 4) is 90.6 Å². The van der Waals surface area contributed by atoms with Crippen molar-refractivity contribution in [2.45, 2.75) is 86.6 Å². The second-order valence-electron chi connectivity index (χ2n) is 34.1. The van der Waals surface area contributed by atoms with Crippen LogP contribution in [-0.2, 0) is 85.5 Å². The molecule has 2 saturated heterocycles. The lowest BCUT2D eigenvalue weighted by Crippen LogP contribution is -2.53. The van der Waals surface area contributed by atoms with E-state index in [0.717, 1.165) is 43.4 Å². The molecule has 2 fully saturated rings. The van der Waals surface area contributed by atoms with Crippen LogP contribution in [0.1, 0.15) is 50.3 Å². The molecule has 0 unspecified atom stereocenters. The summed E-state index contributed by atoms with van der Waals surface area (Å²) in [4.78, 5) is 138. The minimum Gasteiger partial charge on any atom is -0.375 e. The molecule has 20 rings (SSSR count). The van der Waals surface area contributed by atoms with E-state index in [1.54, 1.807) is 145 Å². The number of anilines is 4. The lowest BCUT2D eigenvalue weighted by molar-refractivity contribution is -0.137. The van der Waals surface area contributed by atoms with Crippen LogP contribution in [0.4, 0.5) is 52.6 Å². The lowest BCUT2D eigenvalue weighted by Gasteiger charge is -2.33. The van der Waals surface area contributed by atoms with Crippen molar-refractivity contribution >= 4 is 85.9 Å². The van der Waals surface area contributed by atoms with E-state index in [1.807, 2.05) is 98.1 Å². The zero-order valence-corrected chi connectivity index (χ0v) is 78.8. The molecule has 12 heterocycles. The number of pyridine rings is 2. The van der Waals surface area contributed by atoms with Crippen LogP contribution in [0, 0.1) is 68.4 Å². The summed E-state index contributed by atoms with van der Waals surface area (Å²) in [7, 11) is 0. The molecule has 0 atom stereocenters. The van der Waals surface area contributed by atoms with Gasteiger partial charge in [0.05, 0.1) is 40.7 Å². The molecule has 0 aliphatic carbocycles. The largest absolute Gasteiger partial charge is 0.375 e. The number of piperazine rings is 2. The molecule has 0 bridgehead atoms. The highest BCUT2D eigenvalue weighted by Gasteiger charge is 2.34. The van der Waals surface area contributed by atoms with Crippen molar-refractivity contribution in [1.82, 2.24) is 77.7 Å². The number of nitrogens with one attached hydrogen (secondary N) is 1. The molecule has 8 aromatic heterocycles. The Morgan fingerprint density at radius 3 is 1.10 bits per heavy atom. The van der Waals surface area contributed by atoms with E-state index in [2.05, 4.69) is 35.2 Å². The molecule has 141 heavy (non-hydrogen) atoms. The molecule has 16 aromatic rings. The van der Waals surface area contributed by atoms with Crippen molar-refractivity contribution < 1.29 is 64.3 Å². The summed E-state index contributed by atoms with van der Waals surface area (Å²) in [6.45, 7) is 11.6. The molecule has 36 heteroatoms. The van der Waals surface area contributed by atoms with Gasteiger partial charge < -0.3 is 48.9 Å². The van der Waals surface area contributed by atoms with Crippen molar-refractivity contribution in [2.24, 2.45) is 0 Å². The maximum Gasteiger partial charge on any atom is 0.247 e. The van der Waals surface area contributed by atoms with E-state index in [0.29, 0.717) is 165 Å². The summed E-state index contributed by atoms with van der Waals surface area (Å²) < 4.78 is 103. The first kappa shape index (κ1) is 96.4. The normalized spacial score (nSPS) is 13.5. The quantitative estimate of drug-likeness (QED) is 0.0711. The number of carbonyl (C=O) groups is 7. The van der Waals surface area contributed by atoms with Gasteiger partial charge in [0.1, 0.15) is 115 Å². The van der Waals surface area contributed by atoms with Gasteiger partial charge in [-0.2, -0.15) is 0 Å². The van der Waals surface area contributed by atoms with Crippen molar-refractivity contribution in [3.63, 3.8) is 0 Å². The zero-order valence-electron chi connectivity index (χ0n) is 77.1. The smallest absolute Gasteiger partial charge is 0.247 e. The number of nitrogen functional groups attached to an aromatic ring is 1. The fourth-order valence-corrected chi connectivity index (χ4v) is 18.7. The number of halogens is 7. The molecule has 4 aliphatic rings. The standard InChI is InChI=1S/C27H22F3N5O2.C27H23F2N5O2.C27H26FN5O2S.C24H22FN5OS/c1-17-12-19(4-7-22(17)30)23-14-34(27(32-23)18-2-5-20(28)6-3-18)15-25(36)33-10-11-35(26(37)16-33)24-13-21(29)8-9-31-24;1-18-14-20(7-10-22(18)29)23-15-33(27(31-23)19-5-8-21(28)9-6-19)16-25(35)32-12-13-34(26(36)17-32)24-4-2-3-11-30-24;1-17-14-20(8-9-21(17)28)23-15-33(26(30-23)19-6-4-3-5-7-19)16-25(35)32-12-10-22-24(11-13-32)36-27(31-22)29-18(2)34;1-15-11-17(7-8-18(15)25)20-12-30(23(27-20)16-5-3-2-4-6-16)14-22(31)29-10-9-19-21(13-29)32-24(26)28-19/h2-9,12-14H,10-11,15-16H2,1H3;2-11,14-15H,12-13,16-17H2,1H3;3-9,14-15H,10-13,16H2,1-2H3,(H,29,31,34);2-8,11-12H,9-10,13-14H2,1H3,(H2,26,28). The Morgan fingerprint density at radius 2 is 0.709 bits per heavy atom. The van der Waals surface area contributed by atoms with E-state index < -0.39 is 11.6 Å². The minimum atomic E-state index is -0.503. The van der Waals surface area contributed by atoms with Crippen LogP contribution in [0.5, 0.6) is 0 Å². The number of nitrogens with two attached hydrogens (primary N) is 1. The number of benzene rings is 8. The average molecular weight is 1940 g/mol. The molecular weight excluding hydrogens is 1850 g/mol. The fourth-order valence-electron chi connectivity index (χ4n) is 16.8. The third kappa shape index (κ3) is 22.9. The molecule has 0 spiro atoms. The molecule has 0 saturated carbocycles. The van der Waals surface area contributed by atoms with Crippen molar-refractivity contribution in [3.05, 3.63) is 334 Å². The number of imidazole rings is 4. The molecule has 4 aliphatic heterocycles. The van der Waals surface area contributed by atoms with Gasteiger partial charge in [-0.3, -0.25) is 43.4 Å². The number of thiazole rings is 2. The Balaban J connectivity index is 0.000000130. The van der Waals surface area contributed by atoms with Gasteiger partial charge in [-0.05, 0) is 189 Å². The summed E-state index contributed by atoms with van der Waals surface area (Å²) in [5, 5.41) is 3.91. The van der Waals surface area contributed by atoms with Gasteiger partial charge in [0, 0.05) is 170 Å². The Labute approximate surface area is 813 Å². The number of aryl methyl sites for hydroxylation is 4. The highest BCUT2D eigenvalue weighted by molar-refractivity contribution is 7.16. The third-order valence-corrected chi connectivity index (χ3v) is 26.2. The average Bonchev–Trinajstić information content (AvgIpc) is 1.66. The van der Waals surface area contributed by atoms with Crippen LogP contribution in [0.3, 0.4) is 0 Å². The summed E-state index contributed by atoms with van der Waals surface area (Å²) in [5.41, 5.74) is 18.3. The van der Waals surface area contributed by atoms with Crippen LogP contribution >= 0.6 is 22.7 Å². The van der Waals surface area contributed by atoms with Gasteiger partial charge in [-0.1, -0.05) is 66.7 Å². The van der Waals surface area contributed by atoms with Gasteiger partial charge in [-0.25, -0.2) is 70.6 Å². The van der Waals surface area contributed by atoms with E-state index in [-0.39, 0.29) is 129 Å². The number of amides is 7. The van der Waals surface area contributed by atoms with Crippen LogP contribution in [0.15, 0.2) is 250 Å². The monoisotopic (exact) mass is 1940 g/mol. The van der Waals surface area contributed by atoms with E-state index >= 15 is 0 Å². The Kier molecular flexibility index (Phi) is 29.3. The number of aromatic nitrogens is 12. The maximum absolute atomic E-state index is 13.8. The van der Waals surface area contributed by atoms with Gasteiger partial charge in [0.2, 0.25) is 41.4 Å². The van der Waals surface area contributed by atoms with Crippen molar-refractivity contribution in [1.29, 1.82) is 0 Å². The molecular formula is C105H93F7N20O7S2. The molecule has 3 N–H and O–H groups in total. The second-order valence-corrected chi connectivity index (χ2v) is 36.3. The summed E-state index contributed by atoms with van der Waals surface area (Å²) in [5.74, 6) is -0.667. The maximum atomic E-state index is 13.8. The Bertz CT molecular complexity index is 7330. The molecule has 716 valence electrons. The topological polar surface area (TPSA) is 300 Å². The minimum absolute atomic E-state index is 0.00338. The van der Waals surface area contributed by atoms with Crippen molar-refractivity contribution in [2.75, 3.05) is 79.8 Å². The molecule has 27 nitrogen and oxygen atoms in total. The van der Waals surface area contributed by atoms with Gasteiger partial charge in [0.25, 0.3) is 0 Å². The van der Waals surface area contributed by atoms with Crippen LogP contribution in [-0.4, -0.2) is 178 Å². The third-order valence-electron chi connectivity index (χ3n) is 24.2. The van der Waals surface area contributed by atoms with E-state index in [9.17, 15) is 64.3 Å². The Hall–Kier alpha value is -16.2. The molecule has 0 radical (unpaired) electrons. The summed E-state index contributed by atoms with van der Waals surface area (Å²) in [6, 6.07) is 57.9. The van der Waals surface area contributed by atoms with Gasteiger partial charge in [-0.15, -0.1) is 22.7 Å². The first-order valence-corrected chi connectivity index (χ1v) is 46.9. The predicted octanol–water partition coefficient (Wildman–Crippen LogP) is 17.3. The van der Waals surface area contributed by atoms with Crippen LogP contribution in [0.25, 0.3) is 90.6 Å². The molecule has 8 aromatic carbocycles. The number of rotatable bonds is 19. The number of nitrogens with zero attached hydrogens (tertiary/aromatic N) is 18. The van der Waals surface area contributed by atoms with Gasteiger partial charge >= 0.3 is 0 Å². The highest BCUT2D eigenvalue weighted by atomic mass is 32.1. The first-order chi connectivity index (χ1) is 68.0. The van der Waals surface area contributed by atoms with E-state index in [4.69, 9.17) is 15.7 Å². The lowest BCUT2D eigenvalue weighted by atomic mass is 10.1. The SMILES string of the molecule is CC(=O)Nc1nc2c(s1)CCN(C(=O)Cn1cc(-c3ccc(F)c(C)c3)nc1-c1ccccc1)CC2.Cc1cc(-c2cn(CC(=O)N3CCN(c4cc(F)ccn4)C(=O)C3)c(-c3ccc(F)cc3)n2)ccc1F.Cc1cc(-c2cn(CC(=O)N3CCN(c4ccccn4)C(=O)C3)c(-c3ccc(F)cc3)n2)ccc1F.Cc1cc(-c2cn(CC(=O)N3CCc4nc(N)sc4C3)c(-c3ccccc3)n2)ccc1F. The number of fused-ring (bicyclic) bond motifs is 2. The Morgan fingerprint density at radius 1 is 0.348 bits per heavy atom. The number of hydrogen-bond acceptors (Lipinski definition) is 18. The first-order valence-electron chi connectivity index (χ1n) is 45.2. The summed E-state index contributed by atoms with van der Waals surface area (Å²) in [6.07, 6.45) is 12.1. The zero-order chi connectivity index (χ0) is 98.8. The van der Waals surface area contributed by atoms with Crippen LogP contribution in [0.2, 0.25) is 0 Å². The fraction of sp³-hybridized carbons (Fsp3) is 0.210. The van der Waals surface area contributed by atoms with Crippen LogP contribution < -0.4 is 20.9 Å².